The minimum atomic E-state index is -1.09. The molecular weight excluding hydrogens is 320 g/mol. The minimum Gasteiger partial charge on any atom is -0.452 e. The van der Waals surface area contributed by atoms with Crippen molar-refractivity contribution < 1.29 is 19.1 Å². The normalized spacial score (nSPS) is 12.2. The number of esters is 1. The highest BCUT2D eigenvalue weighted by molar-refractivity contribution is 6.31. The molecule has 0 spiro atoms. The van der Waals surface area contributed by atoms with Crippen molar-refractivity contribution in [2.24, 2.45) is 0 Å². The number of imide groups is 1. The van der Waals surface area contributed by atoms with E-state index in [1.807, 2.05) is 0 Å². The van der Waals surface area contributed by atoms with Gasteiger partial charge in [0.2, 0.25) is 0 Å². The molecule has 6 nitrogen and oxygen atoms in total. The highest BCUT2D eigenvalue weighted by Gasteiger charge is 2.22. The standard InChI is InChI=1S/C16H21ClN2O4/c1-10(14(21)18-15(22)19-16(2,3)4)23-13(20)9-11-7-5-6-8-12(11)17/h5-8,10H,9H2,1-4H3,(H2,18,19,21,22)/t10-/m0/s1. The van der Waals surface area contributed by atoms with Crippen molar-refractivity contribution in [3.8, 4) is 0 Å². The largest absolute Gasteiger partial charge is 0.452 e. The van der Waals surface area contributed by atoms with Gasteiger partial charge in [0.25, 0.3) is 5.91 Å². The van der Waals surface area contributed by atoms with Gasteiger partial charge in [0, 0.05) is 10.6 Å². The lowest BCUT2D eigenvalue weighted by atomic mass is 10.1. The topological polar surface area (TPSA) is 84.5 Å². The zero-order chi connectivity index (χ0) is 17.6. The summed E-state index contributed by atoms with van der Waals surface area (Å²) in [6, 6.07) is 6.22. The highest BCUT2D eigenvalue weighted by Crippen LogP contribution is 2.16. The highest BCUT2D eigenvalue weighted by atomic mass is 35.5. The number of amides is 3. The molecule has 0 aliphatic carbocycles. The van der Waals surface area contributed by atoms with Gasteiger partial charge in [0.05, 0.1) is 6.42 Å². The maximum atomic E-state index is 11.8. The molecule has 1 aromatic rings. The van der Waals surface area contributed by atoms with Crippen LogP contribution in [-0.4, -0.2) is 29.6 Å². The van der Waals surface area contributed by atoms with Gasteiger partial charge < -0.3 is 10.1 Å². The Kier molecular flexibility index (Phi) is 6.57. The van der Waals surface area contributed by atoms with E-state index in [4.69, 9.17) is 16.3 Å². The Morgan fingerprint density at radius 3 is 2.39 bits per heavy atom. The predicted octanol–water partition coefficient (Wildman–Crippen LogP) is 2.44. The quantitative estimate of drug-likeness (QED) is 0.824. The molecule has 7 heteroatoms. The van der Waals surface area contributed by atoms with Gasteiger partial charge in [0.15, 0.2) is 6.10 Å². The summed E-state index contributed by atoms with van der Waals surface area (Å²) in [6.07, 6.45) is -1.14. The molecule has 3 amide bonds. The van der Waals surface area contributed by atoms with Gasteiger partial charge in [-0.25, -0.2) is 4.79 Å². The summed E-state index contributed by atoms with van der Waals surface area (Å²) in [5.41, 5.74) is 0.131. The third-order valence-corrected chi connectivity index (χ3v) is 3.06. The van der Waals surface area contributed by atoms with E-state index in [-0.39, 0.29) is 6.42 Å². The Bertz CT molecular complexity index is 596. The average molecular weight is 341 g/mol. The fraction of sp³-hybridized carbons (Fsp3) is 0.438. The molecule has 1 atom stereocenters. The molecule has 0 aliphatic rings. The second-order valence-electron chi connectivity index (χ2n) is 6.09. The molecule has 0 saturated carbocycles. The van der Waals surface area contributed by atoms with Gasteiger partial charge >= 0.3 is 12.0 Å². The van der Waals surface area contributed by atoms with Gasteiger partial charge in [-0.3, -0.25) is 14.9 Å². The first-order valence-corrected chi connectivity index (χ1v) is 7.52. The second-order valence-corrected chi connectivity index (χ2v) is 6.50. The molecule has 0 heterocycles. The number of halogens is 1. The van der Waals surface area contributed by atoms with Crippen LogP contribution in [0.25, 0.3) is 0 Å². The average Bonchev–Trinajstić information content (AvgIpc) is 2.38. The molecule has 0 bridgehead atoms. The SMILES string of the molecule is C[C@H](OC(=O)Cc1ccccc1Cl)C(=O)NC(=O)NC(C)(C)C. The van der Waals surface area contributed by atoms with Crippen molar-refractivity contribution >= 4 is 29.5 Å². The molecule has 1 rings (SSSR count). The number of ether oxygens (including phenoxy) is 1. The number of nitrogens with one attached hydrogen (secondary N) is 2. The molecule has 2 N–H and O–H groups in total. The molecular formula is C16H21ClN2O4. The lowest BCUT2D eigenvalue weighted by Crippen LogP contribution is -2.50. The zero-order valence-electron chi connectivity index (χ0n) is 13.6. The van der Waals surface area contributed by atoms with Gasteiger partial charge in [-0.15, -0.1) is 0 Å². The van der Waals surface area contributed by atoms with Crippen molar-refractivity contribution in [1.82, 2.24) is 10.6 Å². The van der Waals surface area contributed by atoms with E-state index in [2.05, 4.69) is 10.6 Å². The second kappa shape index (κ2) is 7.97. The molecule has 23 heavy (non-hydrogen) atoms. The van der Waals surface area contributed by atoms with E-state index in [9.17, 15) is 14.4 Å². The molecule has 0 radical (unpaired) electrons. The van der Waals surface area contributed by atoms with Crippen molar-refractivity contribution in [2.45, 2.75) is 45.8 Å². The third-order valence-electron chi connectivity index (χ3n) is 2.70. The van der Waals surface area contributed by atoms with Crippen LogP contribution in [0.15, 0.2) is 24.3 Å². The summed E-state index contributed by atoms with van der Waals surface area (Å²) in [7, 11) is 0. The Morgan fingerprint density at radius 1 is 1.22 bits per heavy atom. The van der Waals surface area contributed by atoms with E-state index in [1.165, 1.54) is 6.92 Å². The van der Waals surface area contributed by atoms with Crippen LogP contribution in [0.2, 0.25) is 5.02 Å². The van der Waals surface area contributed by atoms with Gasteiger partial charge in [-0.2, -0.15) is 0 Å². The van der Waals surface area contributed by atoms with Crippen LogP contribution in [0.4, 0.5) is 4.79 Å². The Morgan fingerprint density at radius 2 is 1.83 bits per heavy atom. The zero-order valence-corrected chi connectivity index (χ0v) is 14.4. The molecule has 1 aromatic carbocycles. The molecule has 0 aliphatic heterocycles. The van der Waals surface area contributed by atoms with E-state index >= 15 is 0 Å². The molecule has 0 fully saturated rings. The molecule has 0 aromatic heterocycles. The summed E-state index contributed by atoms with van der Waals surface area (Å²) in [5, 5.41) is 5.15. The van der Waals surface area contributed by atoms with Crippen molar-refractivity contribution in [1.29, 1.82) is 0 Å². The summed E-state index contributed by atoms with van der Waals surface area (Å²) < 4.78 is 5.01. The first kappa shape index (κ1) is 19.0. The summed E-state index contributed by atoms with van der Waals surface area (Å²) in [6.45, 7) is 6.74. The fourth-order valence-corrected chi connectivity index (χ4v) is 1.88. The van der Waals surface area contributed by atoms with Crippen LogP contribution in [0.1, 0.15) is 33.3 Å². The number of hydrogen-bond donors (Lipinski definition) is 2. The number of hydrogen-bond acceptors (Lipinski definition) is 4. The van der Waals surface area contributed by atoms with Crippen molar-refractivity contribution in [3.05, 3.63) is 34.9 Å². The third kappa shape index (κ3) is 7.15. The van der Waals surface area contributed by atoms with Crippen LogP contribution in [-0.2, 0) is 20.7 Å². The number of rotatable bonds is 4. The maximum Gasteiger partial charge on any atom is 0.321 e. The van der Waals surface area contributed by atoms with Crippen LogP contribution in [0.5, 0.6) is 0 Å². The Labute approximate surface area is 140 Å². The molecule has 0 unspecified atom stereocenters. The van der Waals surface area contributed by atoms with E-state index in [0.717, 1.165) is 0 Å². The van der Waals surface area contributed by atoms with Gasteiger partial charge in [0.1, 0.15) is 0 Å². The summed E-state index contributed by atoms with van der Waals surface area (Å²) in [4.78, 5) is 35.2. The van der Waals surface area contributed by atoms with E-state index in [1.54, 1.807) is 45.0 Å². The maximum absolute atomic E-state index is 11.8. The van der Waals surface area contributed by atoms with E-state index < -0.39 is 29.6 Å². The first-order valence-electron chi connectivity index (χ1n) is 7.14. The smallest absolute Gasteiger partial charge is 0.321 e. The lowest BCUT2D eigenvalue weighted by molar-refractivity contribution is -0.153. The van der Waals surface area contributed by atoms with Crippen molar-refractivity contribution in [2.75, 3.05) is 0 Å². The summed E-state index contributed by atoms with van der Waals surface area (Å²) in [5.74, 6) is -1.30. The Hall–Kier alpha value is -2.08. The number of benzene rings is 1. The summed E-state index contributed by atoms with van der Waals surface area (Å²) >= 11 is 5.96. The van der Waals surface area contributed by atoms with Crippen molar-refractivity contribution in [3.63, 3.8) is 0 Å². The number of urea groups is 1. The monoisotopic (exact) mass is 340 g/mol. The van der Waals surface area contributed by atoms with Crippen LogP contribution < -0.4 is 10.6 Å². The van der Waals surface area contributed by atoms with Gasteiger partial charge in [-0.1, -0.05) is 29.8 Å². The minimum absolute atomic E-state index is 0.0501. The number of carbonyl (C=O) groups is 3. The van der Waals surface area contributed by atoms with Gasteiger partial charge in [-0.05, 0) is 39.3 Å². The first-order chi connectivity index (χ1) is 10.6. The molecule has 0 saturated heterocycles. The lowest BCUT2D eigenvalue weighted by Gasteiger charge is -2.21. The van der Waals surface area contributed by atoms with E-state index in [0.29, 0.717) is 10.6 Å². The Balaban J connectivity index is 2.50. The fourth-order valence-electron chi connectivity index (χ4n) is 1.67. The molecule has 126 valence electrons. The van der Waals surface area contributed by atoms with Crippen LogP contribution >= 0.6 is 11.6 Å². The van der Waals surface area contributed by atoms with Crippen LogP contribution in [0.3, 0.4) is 0 Å². The predicted molar refractivity (Wildman–Crippen MR) is 87.1 cm³/mol. The van der Waals surface area contributed by atoms with Crippen LogP contribution in [0, 0.1) is 0 Å². The number of carbonyl (C=O) groups excluding carboxylic acids is 3.